The molecule has 0 unspecified atom stereocenters. The SMILES string of the molecule is COc1ccccc1NS(=O)(=O)c1ccc(NC(=O)COc2ccc(Cl)cc2)cc1. The highest BCUT2D eigenvalue weighted by atomic mass is 35.5. The molecule has 7 nitrogen and oxygen atoms in total. The van der Waals surface area contributed by atoms with E-state index in [1.54, 1.807) is 48.5 Å². The summed E-state index contributed by atoms with van der Waals surface area (Å²) in [5, 5.41) is 3.22. The van der Waals surface area contributed by atoms with Gasteiger partial charge in [0.2, 0.25) is 0 Å². The molecule has 0 saturated heterocycles. The van der Waals surface area contributed by atoms with Gasteiger partial charge in [0.1, 0.15) is 11.5 Å². The predicted molar refractivity (Wildman–Crippen MR) is 116 cm³/mol. The molecule has 0 atom stereocenters. The van der Waals surface area contributed by atoms with E-state index in [-0.39, 0.29) is 17.4 Å². The van der Waals surface area contributed by atoms with Gasteiger partial charge < -0.3 is 14.8 Å². The molecule has 0 fully saturated rings. The number of nitrogens with one attached hydrogen (secondary N) is 2. The highest BCUT2D eigenvalue weighted by molar-refractivity contribution is 7.92. The molecule has 3 rings (SSSR count). The van der Waals surface area contributed by atoms with Crippen molar-refractivity contribution in [3.63, 3.8) is 0 Å². The number of methoxy groups -OCH3 is 1. The molecular formula is C21H19ClN2O5S. The Kier molecular flexibility index (Phi) is 6.81. The van der Waals surface area contributed by atoms with Crippen molar-refractivity contribution in [1.29, 1.82) is 0 Å². The Bertz CT molecular complexity index is 1120. The first-order chi connectivity index (χ1) is 14.4. The van der Waals surface area contributed by atoms with Crippen molar-refractivity contribution < 1.29 is 22.7 Å². The summed E-state index contributed by atoms with van der Waals surface area (Å²) in [6, 6.07) is 19.1. The van der Waals surface area contributed by atoms with Crippen LogP contribution < -0.4 is 19.5 Å². The lowest BCUT2D eigenvalue weighted by atomic mass is 10.3. The second kappa shape index (κ2) is 9.51. The Morgan fingerprint density at radius 2 is 1.63 bits per heavy atom. The van der Waals surface area contributed by atoms with E-state index in [9.17, 15) is 13.2 Å². The smallest absolute Gasteiger partial charge is 0.262 e. The van der Waals surface area contributed by atoms with Crippen LogP contribution in [0.5, 0.6) is 11.5 Å². The number of hydrogen-bond donors (Lipinski definition) is 2. The number of anilines is 2. The van der Waals surface area contributed by atoms with Gasteiger partial charge in [-0.2, -0.15) is 0 Å². The van der Waals surface area contributed by atoms with E-state index >= 15 is 0 Å². The van der Waals surface area contributed by atoms with E-state index in [2.05, 4.69) is 10.0 Å². The zero-order valence-electron chi connectivity index (χ0n) is 16.0. The van der Waals surface area contributed by atoms with Gasteiger partial charge in [0, 0.05) is 10.7 Å². The monoisotopic (exact) mass is 446 g/mol. The summed E-state index contributed by atoms with van der Waals surface area (Å²) in [5.74, 6) is 0.539. The fourth-order valence-electron chi connectivity index (χ4n) is 2.53. The summed E-state index contributed by atoms with van der Waals surface area (Å²) in [5.41, 5.74) is 0.771. The van der Waals surface area contributed by atoms with Crippen molar-refractivity contribution in [2.45, 2.75) is 4.90 Å². The maximum absolute atomic E-state index is 12.6. The third-order valence-electron chi connectivity index (χ3n) is 3.98. The molecule has 0 aliphatic carbocycles. The summed E-state index contributed by atoms with van der Waals surface area (Å²) in [7, 11) is -2.36. The summed E-state index contributed by atoms with van der Waals surface area (Å²) in [6.45, 7) is -0.197. The molecule has 1 amide bonds. The van der Waals surface area contributed by atoms with Crippen molar-refractivity contribution in [3.8, 4) is 11.5 Å². The minimum Gasteiger partial charge on any atom is -0.495 e. The van der Waals surface area contributed by atoms with Crippen LogP contribution in [0.2, 0.25) is 5.02 Å². The Balaban J connectivity index is 1.61. The van der Waals surface area contributed by atoms with E-state index in [0.29, 0.717) is 27.9 Å². The van der Waals surface area contributed by atoms with E-state index in [4.69, 9.17) is 21.1 Å². The van der Waals surface area contributed by atoms with Crippen molar-refractivity contribution in [2.75, 3.05) is 23.8 Å². The zero-order valence-corrected chi connectivity index (χ0v) is 17.5. The second-order valence-corrected chi connectivity index (χ2v) is 8.24. The van der Waals surface area contributed by atoms with Crippen LogP contribution in [0, 0.1) is 0 Å². The second-order valence-electron chi connectivity index (χ2n) is 6.12. The molecule has 156 valence electrons. The first-order valence-electron chi connectivity index (χ1n) is 8.81. The van der Waals surface area contributed by atoms with Gasteiger partial charge in [-0.25, -0.2) is 8.42 Å². The Hall–Kier alpha value is -3.23. The number of amides is 1. The van der Waals surface area contributed by atoms with Gasteiger partial charge in [0.25, 0.3) is 15.9 Å². The van der Waals surface area contributed by atoms with Crippen molar-refractivity contribution >= 4 is 38.9 Å². The number of sulfonamides is 1. The lowest BCUT2D eigenvalue weighted by Gasteiger charge is -2.12. The Labute approximate surface area is 179 Å². The molecule has 0 bridgehead atoms. The maximum atomic E-state index is 12.6. The minimum atomic E-state index is -3.82. The first-order valence-corrected chi connectivity index (χ1v) is 10.7. The molecule has 0 radical (unpaired) electrons. The number of hydrogen-bond acceptors (Lipinski definition) is 5. The van der Waals surface area contributed by atoms with Crippen LogP contribution in [0.25, 0.3) is 0 Å². The summed E-state index contributed by atoms with van der Waals surface area (Å²) >= 11 is 5.80. The Morgan fingerprint density at radius 1 is 0.967 bits per heavy atom. The largest absolute Gasteiger partial charge is 0.495 e. The van der Waals surface area contributed by atoms with Crippen LogP contribution >= 0.6 is 11.6 Å². The van der Waals surface area contributed by atoms with E-state index in [1.807, 2.05) is 0 Å². The molecule has 9 heteroatoms. The van der Waals surface area contributed by atoms with E-state index < -0.39 is 10.0 Å². The predicted octanol–water partition coefficient (Wildman–Crippen LogP) is 4.17. The highest BCUT2D eigenvalue weighted by Crippen LogP contribution is 2.26. The van der Waals surface area contributed by atoms with Crippen LogP contribution in [0.3, 0.4) is 0 Å². The van der Waals surface area contributed by atoms with Gasteiger partial charge in [0.05, 0.1) is 17.7 Å². The highest BCUT2D eigenvalue weighted by Gasteiger charge is 2.16. The fourth-order valence-corrected chi connectivity index (χ4v) is 3.72. The normalized spacial score (nSPS) is 10.9. The maximum Gasteiger partial charge on any atom is 0.262 e. The third-order valence-corrected chi connectivity index (χ3v) is 5.62. The Morgan fingerprint density at radius 3 is 2.30 bits per heavy atom. The lowest BCUT2D eigenvalue weighted by Crippen LogP contribution is -2.20. The molecule has 3 aromatic carbocycles. The number of ether oxygens (including phenoxy) is 2. The number of rotatable bonds is 8. The molecular weight excluding hydrogens is 428 g/mol. The summed E-state index contributed by atoms with van der Waals surface area (Å²) in [6.07, 6.45) is 0. The number of halogens is 1. The third kappa shape index (κ3) is 5.65. The van der Waals surface area contributed by atoms with Crippen LogP contribution in [0.1, 0.15) is 0 Å². The van der Waals surface area contributed by atoms with E-state index in [0.717, 1.165) is 0 Å². The molecule has 30 heavy (non-hydrogen) atoms. The van der Waals surface area contributed by atoms with Crippen LogP contribution in [0.15, 0.2) is 77.7 Å². The van der Waals surface area contributed by atoms with Gasteiger partial charge in [0.15, 0.2) is 6.61 Å². The van der Waals surface area contributed by atoms with Gasteiger partial charge >= 0.3 is 0 Å². The number of carbonyl (C=O) groups is 1. The van der Waals surface area contributed by atoms with Gasteiger partial charge in [-0.05, 0) is 60.7 Å². The van der Waals surface area contributed by atoms with Crippen LogP contribution in [-0.2, 0) is 14.8 Å². The molecule has 0 aliphatic rings. The summed E-state index contributed by atoms with van der Waals surface area (Å²) in [4.78, 5) is 12.1. The lowest BCUT2D eigenvalue weighted by molar-refractivity contribution is -0.118. The first kappa shape index (κ1) is 21.5. The van der Waals surface area contributed by atoms with Crippen LogP contribution in [0.4, 0.5) is 11.4 Å². The van der Waals surface area contributed by atoms with Crippen molar-refractivity contribution in [3.05, 3.63) is 77.8 Å². The molecule has 0 aliphatic heterocycles. The summed E-state index contributed by atoms with van der Waals surface area (Å²) < 4.78 is 38.2. The number of benzene rings is 3. The molecule has 0 heterocycles. The molecule has 0 spiro atoms. The fraction of sp³-hybridized carbons (Fsp3) is 0.0952. The van der Waals surface area contributed by atoms with Gasteiger partial charge in [-0.3, -0.25) is 9.52 Å². The molecule has 3 aromatic rings. The molecule has 0 aromatic heterocycles. The molecule has 0 saturated carbocycles. The topological polar surface area (TPSA) is 93.7 Å². The number of carbonyl (C=O) groups excluding carboxylic acids is 1. The molecule has 2 N–H and O–H groups in total. The number of para-hydroxylation sites is 2. The van der Waals surface area contributed by atoms with Gasteiger partial charge in [-0.15, -0.1) is 0 Å². The standard InChI is InChI=1S/C21H19ClN2O5S/c1-28-20-5-3-2-4-19(20)24-30(26,27)18-12-8-16(9-13-18)23-21(25)14-29-17-10-6-15(22)7-11-17/h2-13,24H,14H2,1H3,(H,23,25). The van der Waals surface area contributed by atoms with Gasteiger partial charge in [-0.1, -0.05) is 23.7 Å². The average Bonchev–Trinajstić information content (AvgIpc) is 2.74. The van der Waals surface area contributed by atoms with Crippen molar-refractivity contribution in [1.82, 2.24) is 0 Å². The average molecular weight is 447 g/mol. The quantitative estimate of drug-likeness (QED) is 0.541. The van der Waals surface area contributed by atoms with Crippen LogP contribution in [-0.4, -0.2) is 28.0 Å². The van der Waals surface area contributed by atoms with Crippen molar-refractivity contribution in [2.24, 2.45) is 0 Å². The zero-order chi connectivity index (χ0) is 21.6. The van der Waals surface area contributed by atoms with E-state index in [1.165, 1.54) is 31.4 Å². The minimum absolute atomic E-state index is 0.0452.